The molecule has 14 heavy (non-hydrogen) atoms. The lowest BCUT2D eigenvalue weighted by atomic mass is 10.2. The monoisotopic (exact) mass is 235 g/mol. The summed E-state index contributed by atoms with van der Waals surface area (Å²) in [6.45, 7) is 0. The molecular formula is C9H17NO2S2. The van der Waals surface area contributed by atoms with Crippen LogP contribution in [0.3, 0.4) is 0 Å². The summed E-state index contributed by atoms with van der Waals surface area (Å²) in [5, 5.41) is 12.4. The molecule has 2 N–H and O–H groups in total. The Morgan fingerprint density at radius 3 is 3.14 bits per heavy atom. The molecule has 0 bridgehead atoms. The third kappa shape index (κ3) is 4.11. The second-order valence-corrected chi connectivity index (χ2v) is 5.64. The zero-order valence-corrected chi connectivity index (χ0v) is 10.00. The quantitative estimate of drug-likeness (QED) is 0.709. The predicted molar refractivity (Wildman–Crippen MR) is 63.0 cm³/mol. The van der Waals surface area contributed by atoms with Gasteiger partial charge in [0.25, 0.3) is 0 Å². The number of aliphatic carboxylic acids is 1. The van der Waals surface area contributed by atoms with Crippen LogP contribution < -0.4 is 5.32 Å². The number of rotatable bonds is 5. The van der Waals surface area contributed by atoms with Crippen molar-refractivity contribution in [1.29, 1.82) is 0 Å². The van der Waals surface area contributed by atoms with Crippen molar-refractivity contribution in [2.45, 2.75) is 30.7 Å². The normalized spacial score (nSPS) is 27.5. The molecule has 0 amide bonds. The molecule has 2 unspecified atom stereocenters. The van der Waals surface area contributed by atoms with Gasteiger partial charge in [-0.3, -0.25) is 10.1 Å². The maximum absolute atomic E-state index is 10.8. The fraction of sp³-hybridized carbons (Fsp3) is 0.889. The summed E-state index contributed by atoms with van der Waals surface area (Å²) >= 11 is 3.70. The summed E-state index contributed by atoms with van der Waals surface area (Å²) in [4.78, 5) is 10.8. The predicted octanol–water partition coefficient (Wildman–Crippen LogP) is 1.64. The molecule has 1 saturated heterocycles. The fourth-order valence-electron chi connectivity index (χ4n) is 1.46. The summed E-state index contributed by atoms with van der Waals surface area (Å²) in [5.41, 5.74) is 0. The Hall–Kier alpha value is 0.130. The first-order chi connectivity index (χ1) is 6.74. The molecule has 3 nitrogen and oxygen atoms in total. The molecule has 1 aliphatic rings. The number of carboxylic acids is 1. The Kier molecular flexibility index (Phi) is 5.74. The van der Waals surface area contributed by atoms with Gasteiger partial charge < -0.3 is 5.11 Å². The average molecular weight is 235 g/mol. The fourth-order valence-corrected chi connectivity index (χ4v) is 3.16. The molecule has 1 fully saturated rings. The molecule has 0 saturated carbocycles. The van der Waals surface area contributed by atoms with E-state index in [1.165, 1.54) is 0 Å². The first-order valence-electron chi connectivity index (χ1n) is 4.83. The van der Waals surface area contributed by atoms with Crippen molar-refractivity contribution in [1.82, 2.24) is 5.32 Å². The van der Waals surface area contributed by atoms with Crippen LogP contribution >= 0.6 is 23.5 Å². The Labute approximate surface area is 93.4 Å². The zero-order chi connectivity index (χ0) is 10.4. The maximum atomic E-state index is 10.8. The lowest BCUT2D eigenvalue weighted by molar-refractivity contribution is -0.139. The number of carboxylic acid groups (broad SMARTS) is 1. The standard InChI is InChI=1S/C9H17NO2S2/c1-13-5-2-3-8-10-7(9(11)12)4-6-14-8/h7-8,10H,2-6H2,1H3,(H,11,12). The minimum absolute atomic E-state index is 0.324. The van der Waals surface area contributed by atoms with Crippen molar-refractivity contribution >= 4 is 29.5 Å². The van der Waals surface area contributed by atoms with Crippen LogP contribution in [-0.2, 0) is 4.79 Å². The number of nitrogens with one attached hydrogen (secondary N) is 1. The van der Waals surface area contributed by atoms with Gasteiger partial charge >= 0.3 is 5.97 Å². The van der Waals surface area contributed by atoms with Crippen molar-refractivity contribution in [2.24, 2.45) is 0 Å². The maximum Gasteiger partial charge on any atom is 0.320 e. The summed E-state index contributed by atoms with van der Waals surface area (Å²) in [6, 6.07) is -0.324. The van der Waals surface area contributed by atoms with Gasteiger partial charge in [0.05, 0.1) is 5.37 Å². The van der Waals surface area contributed by atoms with Crippen LogP contribution in [0.25, 0.3) is 0 Å². The lowest BCUT2D eigenvalue weighted by Crippen LogP contribution is -2.45. The molecule has 1 rings (SSSR count). The highest BCUT2D eigenvalue weighted by Gasteiger charge is 2.25. The molecule has 0 aromatic carbocycles. The summed E-state index contributed by atoms with van der Waals surface area (Å²) in [6.07, 6.45) is 5.09. The van der Waals surface area contributed by atoms with Gasteiger partial charge in [-0.25, -0.2) is 0 Å². The van der Waals surface area contributed by atoms with E-state index in [0.717, 1.165) is 30.8 Å². The van der Waals surface area contributed by atoms with Gasteiger partial charge in [0.2, 0.25) is 0 Å². The molecule has 1 heterocycles. The van der Waals surface area contributed by atoms with Crippen LogP contribution in [0.15, 0.2) is 0 Å². The van der Waals surface area contributed by atoms with E-state index in [2.05, 4.69) is 11.6 Å². The highest BCUT2D eigenvalue weighted by atomic mass is 32.2. The Morgan fingerprint density at radius 1 is 1.71 bits per heavy atom. The van der Waals surface area contributed by atoms with E-state index >= 15 is 0 Å². The summed E-state index contributed by atoms with van der Waals surface area (Å²) in [5.74, 6) is 1.42. The van der Waals surface area contributed by atoms with E-state index in [4.69, 9.17) is 5.11 Å². The lowest BCUT2D eigenvalue weighted by Gasteiger charge is -2.28. The van der Waals surface area contributed by atoms with E-state index in [0.29, 0.717) is 5.37 Å². The summed E-state index contributed by atoms with van der Waals surface area (Å²) in [7, 11) is 0. The van der Waals surface area contributed by atoms with E-state index in [1.54, 1.807) is 0 Å². The summed E-state index contributed by atoms with van der Waals surface area (Å²) < 4.78 is 0. The van der Waals surface area contributed by atoms with Crippen LogP contribution in [0.4, 0.5) is 0 Å². The molecule has 5 heteroatoms. The van der Waals surface area contributed by atoms with Gasteiger partial charge in [-0.15, -0.1) is 11.8 Å². The Morgan fingerprint density at radius 2 is 2.50 bits per heavy atom. The van der Waals surface area contributed by atoms with E-state index in [9.17, 15) is 4.79 Å². The topological polar surface area (TPSA) is 49.3 Å². The second kappa shape index (κ2) is 6.58. The molecule has 0 aromatic heterocycles. The number of hydrogen-bond acceptors (Lipinski definition) is 4. The van der Waals surface area contributed by atoms with E-state index in [-0.39, 0.29) is 6.04 Å². The molecule has 2 atom stereocenters. The van der Waals surface area contributed by atoms with Crippen molar-refractivity contribution in [3.63, 3.8) is 0 Å². The molecule has 0 spiro atoms. The number of thioether (sulfide) groups is 2. The third-order valence-corrected chi connectivity index (χ3v) is 4.17. The van der Waals surface area contributed by atoms with Crippen molar-refractivity contribution < 1.29 is 9.90 Å². The van der Waals surface area contributed by atoms with Crippen molar-refractivity contribution in [3.8, 4) is 0 Å². The largest absolute Gasteiger partial charge is 0.480 e. The van der Waals surface area contributed by atoms with Crippen LogP contribution in [-0.4, -0.2) is 40.3 Å². The molecule has 82 valence electrons. The number of hydrogen-bond donors (Lipinski definition) is 2. The van der Waals surface area contributed by atoms with Gasteiger partial charge in [-0.1, -0.05) is 0 Å². The molecule has 1 aliphatic heterocycles. The smallest absolute Gasteiger partial charge is 0.320 e. The molecule has 0 aliphatic carbocycles. The van der Waals surface area contributed by atoms with Gasteiger partial charge in [-0.2, -0.15) is 11.8 Å². The molecule has 0 aromatic rings. The van der Waals surface area contributed by atoms with Gasteiger partial charge in [0, 0.05) is 0 Å². The van der Waals surface area contributed by atoms with Gasteiger partial charge in [0.15, 0.2) is 0 Å². The first kappa shape index (κ1) is 12.2. The minimum Gasteiger partial charge on any atom is -0.480 e. The first-order valence-corrected chi connectivity index (χ1v) is 7.27. The SMILES string of the molecule is CSCCCC1NC(C(=O)O)CCS1. The third-order valence-electron chi connectivity index (χ3n) is 2.23. The van der Waals surface area contributed by atoms with E-state index in [1.807, 2.05) is 23.5 Å². The Balaban J connectivity index is 2.22. The second-order valence-electron chi connectivity index (χ2n) is 3.34. The van der Waals surface area contributed by atoms with Crippen LogP contribution in [0, 0.1) is 0 Å². The van der Waals surface area contributed by atoms with Crippen LogP contribution in [0.2, 0.25) is 0 Å². The molecule has 0 radical (unpaired) electrons. The highest BCUT2D eigenvalue weighted by Crippen LogP contribution is 2.22. The molecular weight excluding hydrogens is 218 g/mol. The van der Waals surface area contributed by atoms with Crippen LogP contribution in [0.5, 0.6) is 0 Å². The van der Waals surface area contributed by atoms with Gasteiger partial charge in [-0.05, 0) is 37.0 Å². The van der Waals surface area contributed by atoms with E-state index < -0.39 is 5.97 Å². The van der Waals surface area contributed by atoms with Gasteiger partial charge in [0.1, 0.15) is 6.04 Å². The van der Waals surface area contributed by atoms with Crippen molar-refractivity contribution in [3.05, 3.63) is 0 Å². The van der Waals surface area contributed by atoms with Crippen molar-refractivity contribution in [2.75, 3.05) is 17.8 Å². The minimum atomic E-state index is -0.708. The van der Waals surface area contributed by atoms with Crippen LogP contribution in [0.1, 0.15) is 19.3 Å². The average Bonchev–Trinajstić information content (AvgIpc) is 2.19. The number of carbonyl (C=O) groups is 1. The zero-order valence-electron chi connectivity index (χ0n) is 8.36. The highest BCUT2D eigenvalue weighted by molar-refractivity contribution is 7.99. The Bertz CT molecular complexity index is 190.